The van der Waals surface area contributed by atoms with E-state index in [4.69, 9.17) is 4.74 Å². The molecule has 0 radical (unpaired) electrons. The SMILES string of the molecule is Cc1ccccc1OCC(=O)N1CCN(c2nc3c(S(C)(=O)=O)cccc3s2)CC1. The minimum Gasteiger partial charge on any atom is -0.484 e. The van der Waals surface area contributed by atoms with Gasteiger partial charge < -0.3 is 14.5 Å². The fourth-order valence-corrected chi connectivity index (χ4v) is 5.38. The number of aromatic nitrogens is 1. The summed E-state index contributed by atoms with van der Waals surface area (Å²) in [5.74, 6) is 0.683. The quantitative estimate of drug-likeness (QED) is 0.601. The van der Waals surface area contributed by atoms with E-state index in [0.29, 0.717) is 31.7 Å². The number of rotatable bonds is 5. The van der Waals surface area contributed by atoms with Gasteiger partial charge in [0.05, 0.1) is 9.60 Å². The van der Waals surface area contributed by atoms with Crippen LogP contribution in [0.3, 0.4) is 0 Å². The van der Waals surface area contributed by atoms with Gasteiger partial charge in [-0.05, 0) is 30.7 Å². The van der Waals surface area contributed by atoms with Crippen LogP contribution in [0, 0.1) is 6.92 Å². The molecule has 2 heterocycles. The Labute approximate surface area is 179 Å². The zero-order valence-corrected chi connectivity index (χ0v) is 18.5. The lowest BCUT2D eigenvalue weighted by atomic mass is 10.2. The molecule has 1 saturated heterocycles. The van der Waals surface area contributed by atoms with Crippen molar-refractivity contribution in [3.8, 4) is 5.75 Å². The number of para-hydroxylation sites is 2. The first-order valence-electron chi connectivity index (χ1n) is 9.64. The first-order chi connectivity index (χ1) is 14.3. The molecule has 9 heteroatoms. The van der Waals surface area contributed by atoms with Crippen molar-refractivity contribution in [2.45, 2.75) is 11.8 Å². The average molecular weight is 446 g/mol. The van der Waals surface area contributed by atoms with Crippen molar-refractivity contribution in [3.63, 3.8) is 0 Å². The number of fused-ring (bicyclic) bond motifs is 1. The molecule has 1 aromatic heterocycles. The number of piperazine rings is 1. The van der Waals surface area contributed by atoms with E-state index < -0.39 is 9.84 Å². The molecule has 0 saturated carbocycles. The number of thiazole rings is 1. The predicted octanol–water partition coefficient (Wildman–Crippen LogP) is 2.74. The normalized spacial score (nSPS) is 14.9. The van der Waals surface area contributed by atoms with Gasteiger partial charge in [0.25, 0.3) is 5.91 Å². The van der Waals surface area contributed by atoms with E-state index in [1.807, 2.05) is 37.3 Å². The topological polar surface area (TPSA) is 79.8 Å². The molecular formula is C21H23N3O4S2. The molecule has 0 atom stereocenters. The Bertz CT molecular complexity index is 1180. The summed E-state index contributed by atoms with van der Waals surface area (Å²) < 4.78 is 30.6. The largest absolute Gasteiger partial charge is 0.484 e. The van der Waals surface area contributed by atoms with Gasteiger partial charge in [0, 0.05) is 32.4 Å². The lowest BCUT2D eigenvalue weighted by Gasteiger charge is -2.34. The van der Waals surface area contributed by atoms with Gasteiger partial charge in [-0.2, -0.15) is 0 Å². The molecule has 3 aromatic rings. The molecule has 1 amide bonds. The van der Waals surface area contributed by atoms with E-state index >= 15 is 0 Å². The maximum atomic E-state index is 12.5. The number of amides is 1. The molecule has 0 spiro atoms. The molecule has 0 N–H and O–H groups in total. The van der Waals surface area contributed by atoms with Crippen molar-refractivity contribution >= 4 is 42.4 Å². The maximum absolute atomic E-state index is 12.5. The van der Waals surface area contributed by atoms with Crippen molar-refractivity contribution in [2.75, 3.05) is 43.9 Å². The summed E-state index contributed by atoms with van der Waals surface area (Å²) in [6.07, 6.45) is 1.20. The van der Waals surface area contributed by atoms with E-state index in [1.165, 1.54) is 17.6 Å². The zero-order valence-electron chi connectivity index (χ0n) is 16.9. The number of anilines is 1. The van der Waals surface area contributed by atoms with Gasteiger partial charge >= 0.3 is 0 Å². The number of nitrogens with zero attached hydrogens (tertiary/aromatic N) is 3. The lowest BCUT2D eigenvalue weighted by Crippen LogP contribution is -2.50. The first kappa shape index (κ1) is 20.6. The Morgan fingerprint density at radius 1 is 1.10 bits per heavy atom. The van der Waals surface area contributed by atoms with Crippen molar-refractivity contribution in [3.05, 3.63) is 48.0 Å². The highest BCUT2D eigenvalue weighted by Crippen LogP contribution is 2.33. The Balaban J connectivity index is 1.40. The zero-order chi connectivity index (χ0) is 21.3. The lowest BCUT2D eigenvalue weighted by molar-refractivity contribution is -0.133. The van der Waals surface area contributed by atoms with Crippen LogP contribution in [-0.4, -0.2) is 63.3 Å². The molecule has 1 fully saturated rings. The van der Waals surface area contributed by atoms with Crippen LogP contribution in [-0.2, 0) is 14.6 Å². The van der Waals surface area contributed by atoms with Crippen LogP contribution in [0.15, 0.2) is 47.4 Å². The van der Waals surface area contributed by atoms with Crippen LogP contribution in [0.5, 0.6) is 5.75 Å². The van der Waals surface area contributed by atoms with E-state index in [0.717, 1.165) is 21.1 Å². The van der Waals surface area contributed by atoms with Gasteiger partial charge in [-0.25, -0.2) is 13.4 Å². The van der Waals surface area contributed by atoms with E-state index in [-0.39, 0.29) is 17.4 Å². The summed E-state index contributed by atoms with van der Waals surface area (Å²) in [5, 5.41) is 0.782. The molecule has 4 rings (SSSR count). The smallest absolute Gasteiger partial charge is 0.260 e. The van der Waals surface area contributed by atoms with E-state index in [1.54, 1.807) is 17.0 Å². The standard InChI is InChI=1S/C21H23N3O4S2/c1-15-6-3-4-7-16(15)28-14-19(25)23-10-12-24(13-11-23)21-22-20-17(29-21)8-5-9-18(20)30(2,26)27/h3-9H,10-14H2,1-2H3. The van der Waals surface area contributed by atoms with Crippen molar-refractivity contribution in [2.24, 2.45) is 0 Å². The van der Waals surface area contributed by atoms with Gasteiger partial charge in [0.15, 0.2) is 21.6 Å². The van der Waals surface area contributed by atoms with Gasteiger partial charge in [-0.3, -0.25) is 4.79 Å². The second-order valence-electron chi connectivity index (χ2n) is 7.29. The molecular weight excluding hydrogens is 422 g/mol. The van der Waals surface area contributed by atoms with Crippen molar-refractivity contribution in [1.29, 1.82) is 0 Å². The van der Waals surface area contributed by atoms with E-state index in [2.05, 4.69) is 9.88 Å². The average Bonchev–Trinajstić information content (AvgIpc) is 3.16. The minimum atomic E-state index is -3.34. The summed E-state index contributed by atoms with van der Waals surface area (Å²) >= 11 is 1.48. The van der Waals surface area contributed by atoms with Gasteiger partial charge in [0.1, 0.15) is 11.3 Å². The molecule has 0 bridgehead atoms. The monoisotopic (exact) mass is 445 g/mol. The summed E-state index contributed by atoms with van der Waals surface area (Å²) in [4.78, 5) is 21.3. The fourth-order valence-electron chi connectivity index (χ4n) is 3.44. The molecule has 7 nitrogen and oxygen atoms in total. The number of hydrogen-bond donors (Lipinski definition) is 0. The van der Waals surface area contributed by atoms with Crippen molar-refractivity contribution < 1.29 is 17.9 Å². The Kier molecular flexibility index (Phi) is 5.66. The third-order valence-corrected chi connectivity index (χ3v) is 7.33. The molecule has 1 aliphatic heterocycles. The second kappa shape index (κ2) is 8.23. The minimum absolute atomic E-state index is 0.0176. The summed E-state index contributed by atoms with van der Waals surface area (Å²) in [6.45, 7) is 4.40. The van der Waals surface area contributed by atoms with Crippen LogP contribution >= 0.6 is 11.3 Å². The number of sulfone groups is 1. The van der Waals surface area contributed by atoms with Crippen LogP contribution in [0.4, 0.5) is 5.13 Å². The van der Waals surface area contributed by atoms with Gasteiger partial charge in [-0.15, -0.1) is 0 Å². The highest BCUT2D eigenvalue weighted by Gasteiger charge is 2.24. The maximum Gasteiger partial charge on any atom is 0.260 e. The summed E-state index contributed by atoms with van der Waals surface area (Å²) in [7, 11) is -3.34. The Morgan fingerprint density at radius 3 is 2.53 bits per heavy atom. The third kappa shape index (κ3) is 4.27. The summed E-state index contributed by atoms with van der Waals surface area (Å²) in [5.41, 5.74) is 1.52. The molecule has 158 valence electrons. The molecule has 0 unspecified atom stereocenters. The molecule has 1 aliphatic rings. The van der Waals surface area contributed by atoms with Crippen LogP contribution in [0.25, 0.3) is 10.2 Å². The number of carbonyl (C=O) groups excluding carboxylic acids is 1. The third-order valence-electron chi connectivity index (χ3n) is 5.12. The van der Waals surface area contributed by atoms with Gasteiger partial charge in [0.2, 0.25) is 0 Å². The summed E-state index contributed by atoms with van der Waals surface area (Å²) in [6, 6.07) is 12.8. The first-order valence-corrected chi connectivity index (χ1v) is 12.3. The number of ether oxygens (including phenoxy) is 1. The van der Waals surface area contributed by atoms with Crippen LogP contribution in [0.1, 0.15) is 5.56 Å². The predicted molar refractivity (Wildman–Crippen MR) is 118 cm³/mol. The number of aryl methyl sites for hydroxylation is 1. The highest BCUT2D eigenvalue weighted by atomic mass is 32.2. The van der Waals surface area contributed by atoms with Crippen molar-refractivity contribution in [1.82, 2.24) is 9.88 Å². The molecule has 0 aliphatic carbocycles. The van der Waals surface area contributed by atoms with E-state index in [9.17, 15) is 13.2 Å². The Morgan fingerprint density at radius 2 is 1.83 bits per heavy atom. The Hall–Kier alpha value is -2.65. The number of benzene rings is 2. The van der Waals surface area contributed by atoms with Gasteiger partial charge in [-0.1, -0.05) is 35.6 Å². The van der Waals surface area contributed by atoms with Crippen LogP contribution in [0.2, 0.25) is 0 Å². The highest BCUT2D eigenvalue weighted by molar-refractivity contribution is 7.91. The van der Waals surface area contributed by atoms with Crippen LogP contribution < -0.4 is 9.64 Å². The molecule has 30 heavy (non-hydrogen) atoms. The fraction of sp³-hybridized carbons (Fsp3) is 0.333. The molecule has 2 aromatic carbocycles. The number of hydrogen-bond acceptors (Lipinski definition) is 7. The number of carbonyl (C=O) groups is 1. The second-order valence-corrected chi connectivity index (χ2v) is 10.3.